The number of piperazine rings is 1. The third kappa shape index (κ3) is 3.49. The van der Waals surface area contributed by atoms with Gasteiger partial charge in [-0.15, -0.1) is 0 Å². The third-order valence-electron chi connectivity index (χ3n) is 5.07. The molecule has 2 aromatic rings. The fourth-order valence-corrected chi connectivity index (χ4v) is 3.51. The zero-order valence-corrected chi connectivity index (χ0v) is 15.8. The molecule has 138 valence electrons. The molecule has 0 saturated carbocycles. The molecule has 1 aliphatic rings. The van der Waals surface area contributed by atoms with Gasteiger partial charge in [0.2, 0.25) is 5.91 Å². The number of carbonyl (C=O) groups excluding carboxylic acids is 2. The number of carbonyl (C=O) groups is 2. The van der Waals surface area contributed by atoms with Crippen molar-refractivity contribution in [2.45, 2.75) is 33.6 Å². The number of aromatic nitrogens is 1. The van der Waals surface area contributed by atoms with Gasteiger partial charge in [-0.2, -0.15) is 0 Å². The van der Waals surface area contributed by atoms with Crippen LogP contribution in [0.25, 0.3) is 0 Å². The van der Waals surface area contributed by atoms with Crippen LogP contribution >= 0.6 is 0 Å². The second-order valence-electron chi connectivity index (χ2n) is 6.94. The molecular formula is C20H25N3O3. The highest BCUT2D eigenvalue weighted by molar-refractivity contribution is 5.94. The number of hydrogen-bond acceptors (Lipinski definition) is 4. The highest BCUT2D eigenvalue weighted by Gasteiger charge is 2.30. The minimum atomic E-state index is -0.291. The number of nitrogens with zero attached hydrogens (tertiary/aromatic N) is 3. The molecule has 1 aromatic heterocycles. The van der Waals surface area contributed by atoms with Gasteiger partial charge in [0.05, 0.1) is 11.6 Å². The van der Waals surface area contributed by atoms with Crippen molar-refractivity contribution in [2.24, 2.45) is 0 Å². The molecule has 2 amide bonds. The van der Waals surface area contributed by atoms with E-state index in [9.17, 15) is 9.59 Å². The maximum Gasteiger partial charge on any atom is 0.253 e. The maximum atomic E-state index is 12.8. The Morgan fingerprint density at radius 2 is 1.58 bits per heavy atom. The molecule has 0 spiro atoms. The van der Waals surface area contributed by atoms with E-state index in [-0.39, 0.29) is 17.7 Å². The van der Waals surface area contributed by atoms with Crippen molar-refractivity contribution in [1.82, 2.24) is 15.0 Å². The first-order chi connectivity index (χ1) is 12.4. The fraction of sp³-hybridized carbons (Fsp3) is 0.450. The lowest BCUT2D eigenvalue weighted by Gasteiger charge is -2.36. The summed E-state index contributed by atoms with van der Waals surface area (Å²) in [6.45, 7) is 9.76. The van der Waals surface area contributed by atoms with E-state index in [1.165, 1.54) is 0 Å². The molecule has 1 fully saturated rings. The minimum absolute atomic E-state index is 0.0240. The monoisotopic (exact) mass is 355 g/mol. The van der Waals surface area contributed by atoms with Crippen LogP contribution in [0.5, 0.6) is 0 Å². The van der Waals surface area contributed by atoms with E-state index < -0.39 is 0 Å². The van der Waals surface area contributed by atoms with Crippen molar-refractivity contribution in [3.8, 4) is 0 Å². The number of rotatable bonds is 3. The first-order valence-electron chi connectivity index (χ1n) is 8.96. The minimum Gasteiger partial charge on any atom is -0.361 e. The van der Waals surface area contributed by atoms with Crippen molar-refractivity contribution < 1.29 is 14.1 Å². The van der Waals surface area contributed by atoms with Crippen molar-refractivity contribution >= 4 is 11.8 Å². The quantitative estimate of drug-likeness (QED) is 0.849. The van der Waals surface area contributed by atoms with Crippen LogP contribution in [0.1, 0.15) is 45.8 Å². The zero-order valence-electron chi connectivity index (χ0n) is 15.8. The van der Waals surface area contributed by atoms with Crippen LogP contribution < -0.4 is 0 Å². The lowest BCUT2D eigenvalue weighted by Crippen LogP contribution is -2.51. The van der Waals surface area contributed by atoms with Gasteiger partial charge >= 0.3 is 0 Å². The Morgan fingerprint density at radius 3 is 2.12 bits per heavy atom. The molecule has 0 aliphatic carbocycles. The maximum absolute atomic E-state index is 12.8. The molecule has 3 rings (SSSR count). The Morgan fingerprint density at radius 1 is 1.00 bits per heavy atom. The summed E-state index contributed by atoms with van der Waals surface area (Å²) in [7, 11) is 0. The van der Waals surface area contributed by atoms with Crippen LogP contribution in [-0.2, 0) is 4.79 Å². The van der Waals surface area contributed by atoms with Crippen molar-refractivity contribution in [3.63, 3.8) is 0 Å². The molecule has 0 N–H and O–H groups in total. The lowest BCUT2D eigenvalue weighted by atomic mass is 9.97. The van der Waals surface area contributed by atoms with Gasteiger partial charge in [0.25, 0.3) is 5.91 Å². The molecular weight excluding hydrogens is 330 g/mol. The first-order valence-corrected chi connectivity index (χ1v) is 8.96. The van der Waals surface area contributed by atoms with Gasteiger partial charge in [-0.25, -0.2) is 0 Å². The Labute approximate surface area is 153 Å². The van der Waals surface area contributed by atoms with Crippen molar-refractivity contribution in [3.05, 3.63) is 52.4 Å². The SMILES string of the molecule is Cc1ccc(C(=O)N2CCN(C(=O)C(C)c3c(C)noc3C)CC2)cc1. The van der Waals surface area contributed by atoms with E-state index in [4.69, 9.17) is 4.52 Å². The molecule has 0 radical (unpaired) electrons. The van der Waals surface area contributed by atoms with E-state index in [0.29, 0.717) is 37.5 Å². The summed E-state index contributed by atoms with van der Waals surface area (Å²) < 4.78 is 5.19. The number of hydrogen-bond donors (Lipinski definition) is 0. The van der Waals surface area contributed by atoms with Gasteiger partial charge in [0, 0.05) is 37.3 Å². The van der Waals surface area contributed by atoms with Crippen LogP contribution in [0, 0.1) is 20.8 Å². The summed E-state index contributed by atoms with van der Waals surface area (Å²) >= 11 is 0. The summed E-state index contributed by atoms with van der Waals surface area (Å²) in [6, 6.07) is 7.60. The van der Waals surface area contributed by atoms with Gasteiger partial charge in [-0.3, -0.25) is 9.59 Å². The molecule has 1 unspecified atom stereocenters. The summed E-state index contributed by atoms with van der Waals surface area (Å²) in [5, 5.41) is 3.94. The van der Waals surface area contributed by atoms with Crippen molar-refractivity contribution in [1.29, 1.82) is 0 Å². The van der Waals surface area contributed by atoms with Gasteiger partial charge in [-0.1, -0.05) is 22.9 Å². The zero-order chi connectivity index (χ0) is 18.8. The fourth-order valence-electron chi connectivity index (χ4n) is 3.51. The van der Waals surface area contributed by atoms with Crippen LogP contribution in [0.3, 0.4) is 0 Å². The molecule has 6 nitrogen and oxygen atoms in total. The average Bonchev–Trinajstić information content (AvgIpc) is 2.99. The molecule has 6 heteroatoms. The number of amides is 2. The van der Waals surface area contributed by atoms with E-state index in [0.717, 1.165) is 16.8 Å². The molecule has 2 heterocycles. The van der Waals surface area contributed by atoms with E-state index in [1.54, 1.807) is 0 Å². The summed E-state index contributed by atoms with van der Waals surface area (Å²) in [6.07, 6.45) is 0. The molecule has 1 saturated heterocycles. The first kappa shape index (κ1) is 18.2. The van der Waals surface area contributed by atoms with Gasteiger partial charge < -0.3 is 14.3 Å². The van der Waals surface area contributed by atoms with Crippen molar-refractivity contribution in [2.75, 3.05) is 26.2 Å². The van der Waals surface area contributed by atoms with Gasteiger partial charge in [0.15, 0.2) is 0 Å². The van der Waals surface area contributed by atoms with Crippen LogP contribution in [0.4, 0.5) is 0 Å². The summed E-state index contributed by atoms with van der Waals surface area (Å²) in [5.74, 6) is 0.481. The average molecular weight is 355 g/mol. The molecule has 26 heavy (non-hydrogen) atoms. The summed E-state index contributed by atoms with van der Waals surface area (Å²) in [5.41, 5.74) is 3.45. The smallest absolute Gasteiger partial charge is 0.253 e. The number of benzene rings is 1. The number of aryl methyl sites for hydroxylation is 3. The molecule has 1 aromatic carbocycles. The largest absolute Gasteiger partial charge is 0.361 e. The van der Waals surface area contributed by atoms with E-state index >= 15 is 0 Å². The van der Waals surface area contributed by atoms with Crippen LogP contribution in [-0.4, -0.2) is 52.9 Å². The molecule has 0 bridgehead atoms. The Balaban J connectivity index is 1.62. The van der Waals surface area contributed by atoms with Gasteiger partial charge in [0.1, 0.15) is 5.76 Å². The lowest BCUT2D eigenvalue weighted by molar-refractivity contribution is -0.133. The second-order valence-corrected chi connectivity index (χ2v) is 6.94. The summed E-state index contributed by atoms with van der Waals surface area (Å²) in [4.78, 5) is 29.1. The predicted molar refractivity (Wildman–Crippen MR) is 98.1 cm³/mol. The standard InChI is InChI=1S/C20H25N3O3/c1-13-5-7-17(8-6-13)20(25)23-11-9-22(10-12-23)19(24)14(2)18-15(3)21-26-16(18)4/h5-8,14H,9-12H2,1-4H3. The van der Waals surface area contributed by atoms with Crippen LogP contribution in [0.15, 0.2) is 28.8 Å². The third-order valence-corrected chi connectivity index (χ3v) is 5.07. The normalized spacial score (nSPS) is 15.8. The predicted octanol–water partition coefficient (Wildman–Crippen LogP) is 2.69. The Bertz CT molecular complexity index is 783. The molecule has 1 aliphatic heterocycles. The highest BCUT2D eigenvalue weighted by atomic mass is 16.5. The Kier molecular flexibility index (Phi) is 5.11. The highest BCUT2D eigenvalue weighted by Crippen LogP contribution is 2.25. The molecule has 1 atom stereocenters. The van der Waals surface area contributed by atoms with E-state index in [1.807, 2.05) is 61.8 Å². The second kappa shape index (κ2) is 7.32. The van der Waals surface area contributed by atoms with E-state index in [2.05, 4.69) is 5.16 Å². The van der Waals surface area contributed by atoms with Crippen LogP contribution in [0.2, 0.25) is 0 Å². The Hall–Kier alpha value is -2.63. The van der Waals surface area contributed by atoms with Gasteiger partial charge in [-0.05, 0) is 39.8 Å². The topological polar surface area (TPSA) is 66.7 Å².